The Morgan fingerprint density at radius 3 is 2.65 bits per heavy atom. The summed E-state index contributed by atoms with van der Waals surface area (Å²) in [5.41, 5.74) is 2.18. The summed E-state index contributed by atoms with van der Waals surface area (Å²) < 4.78 is 5.52. The minimum absolute atomic E-state index is 0.109. The molecular weight excluding hydrogens is 214 g/mol. The molecule has 0 aromatic heterocycles. The Morgan fingerprint density at radius 2 is 2.06 bits per heavy atom. The van der Waals surface area contributed by atoms with Gasteiger partial charge < -0.3 is 14.7 Å². The summed E-state index contributed by atoms with van der Waals surface area (Å²) >= 11 is 0. The van der Waals surface area contributed by atoms with Crippen LogP contribution in [0.1, 0.15) is 18.9 Å². The summed E-state index contributed by atoms with van der Waals surface area (Å²) in [5, 5.41) is 9.02. The predicted octanol–water partition coefficient (Wildman–Crippen LogP) is 2.04. The van der Waals surface area contributed by atoms with E-state index in [0.717, 1.165) is 18.7 Å². The Balaban J connectivity index is 2.06. The number of ether oxygens (including phenoxy) is 1. The number of anilines is 1. The minimum Gasteiger partial charge on any atom is -0.392 e. The summed E-state index contributed by atoms with van der Waals surface area (Å²) in [4.78, 5) is 2.36. The fourth-order valence-corrected chi connectivity index (χ4v) is 2.39. The van der Waals surface area contributed by atoms with Gasteiger partial charge in [-0.05, 0) is 30.0 Å². The van der Waals surface area contributed by atoms with Crippen molar-refractivity contribution in [1.82, 2.24) is 0 Å². The van der Waals surface area contributed by atoms with Crippen molar-refractivity contribution >= 4 is 5.69 Å². The number of hydrogen-bond acceptors (Lipinski definition) is 3. The van der Waals surface area contributed by atoms with Crippen molar-refractivity contribution < 1.29 is 9.84 Å². The summed E-state index contributed by atoms with van der Waals surface area (Å²) in [6.45, 7) is 4.40. The first-order valence-electron chi connectivity index (χ1n) is 6.22. The molecule has 17 heavy (non-hydrogen) atoms. The summed E-state index contributed by atoms with van der Waals surface area (Å²) in [6, 6.07) is 8.12. The molecule has 1 aromatic rings. The first-order chi connectivity index (χ1) is 8.24. The fraction of sp³-hybridized carbons (Fsp3) is 0.571. The quantitative estimate of drug-likeness (QED) is 0.870. The molecule has 1 fully saturated rings. The van der Waals surface area contributed by atoms with Crippen LogP contribution in [0.25, 0.3) is 0 Å². The second-order valence-corrected chi connectivity index (χ2v) is 4.81. The van der Waals surface area contributed by atoms with E-state index in [1.165, 1.54) is 12.1 Å². The lowest BCUT2D eigenvalue weighted by Crippen LogP contribution is -2.43. The Kier molecular flexibility index (Phi) is 4.02. The highest BCUT2D eigenvalue weighted by Crippen LogP contribution is 2.24. The lowest BCUT2D eigenvalue weighted by molar-refractivity contribution is 0.0498. The molecule has 0 saturated carbocycles. The zero-order valence-corrected chi connectivity index (χ0v) is 10.6. The van der Waals surface area contributed by atoms with Crippen LogP contribution in [0.3, 0.4) is 0 Å². The van der Waals surface area contributed by atoms with Crippen LogP contribution in [-0.2, 0) is 11.3 Å². The highest BCUT2D eigenvalue weighted by Gasteiger charge is 2.25. The van der Waals surface area contributed by atoms with Crippen LogP contribution in [0.15, 0.2) is 24.3 Å². The van der Waals surface area contributed by atoms with Gasteiger partial charge in [0.15, 0.2) is 0 Å². The molecule has 1 aromatic carbocycles. The van der Waals surface area contributed by atoms with E-state index in [1.807, 2.05) is 12.1 Å². The second kappa shape index (κ2) is 5.52. The third-order valence-corrected chi connectivity index (χ3v) is 3.68. The predicted molar refractivity (Wildman–Crippen MR) is 69.2 cm³/mol. The van der Waals surface area contributed by atoms with Crippen LogP contribution in [-0.4, -0.2) is 31.4 Å². The van der Waals surface area contributed by atoms with E-state index in [9.17, 15) is 0 Å². The monoisotopic (exact) mass is 235 g/mol. The van der Waals surface area contributed by atoms with E-state index in [1.54, 1.807) is 7.11 Å². The first-order valence-corrected chi connectivity index (χ1v) is 6.22. The topological polar surface area (TPSA) is 32.7 Å². The van der Waals surface area contributed by atoms with Gasteiger partial charge in [0.2, 0.25) is 0 Å². The van der Waals surface area contributed by atoms with Gasteiger partial charge >= 0.3 is 0 Å². The Bertz CT molecular complexity index is 350. The van der Waals surface area contributed by atoms with Crippen LogP contribution < -0.4 is 4.90 Å². The van der Waals surface area contributed by atoms with Crippen molar-refractivity contribution in [1.29, 1.82) is 0 Å². The molecule has 2 atom stereocenters. The molecule has 0 spiro atoms. The normalized spacial score (nSPS) is 25.0. The molecule has 1 saturated heterocycles. The summed E-state index contributed by atoms with van der Waals surface area (Å²) in [6.07, 6.45) is 1.49. The van der Waals surface area contributed by atoms with Gasteiger partial charge in [-0.2, -0.15) is 0 Å². The number of hydrogen-bond donors (Lipinski definition) is 1. The van der Waals surface area contributed by atoms with Gasteiger partial charge in [0, 0.05) is 25.9 Å². The molecule has 0 bridgehead atoms. The molecule has 3 heteroatoms. The SMILES string of the molecule is COC1CN(c2ccc(CO)cc2)CCC1C. The van der Waals surface area contributed by atoms with E-state index in [4.69, 9.17) is 9.84 Å². The van der Waals surface area contributed by atoms with Gasteiger partial charge in [0.1, 0.15) is 0 Å². The lowest BCUT2D eigenvalue weighted by Gasteiger charge is -2.37. The maximum Gasteiger partial charge on any atom is 0.0772 e. The van der Waals surface area contributed by atoms with E-state index in [2.05, 4.69) is 24.0 Å². The van der Waals surface area contributed by atoms with Crippen LogP contribution in [0.2, 0.25) is 0 Å². The fourth-order valence-electron chi connectivity index (χ4n) is 2.39. The number of benzene rings is 1. The number of nitrogens with zero attached hydrogens (tertiary/aromatic N) is 1. The third-order valence-electron chi connectivity index (χ3n) is 3.68. The van der Waals surface area contributed by atoms with Crippen molar-refractivity contribution in [3.63, 3.8) is 0 Å². The average molecular weight is 235 g/mol. The van der Waals surface area contributed by atoms with Crippen LogP contribution in [0.5, 0.6) is 0 Å². The number of piperidine rings is 1. The van der Waals surface area contributed by atoms with Gasteiger partial charge in [-0.3, -0.25) is 0 Å². The maximum atomic E-state index is 9.02. The van der Waals surface area contributed by atoms with E-state index in [-0.39, 0.29) is 6.61 Å². The molecule has 2 unspecified atom stereocenters. The molecule has 1 aliphatic heterocycles. The standard InChI is InChI=1S/C14H21NO2/c1-11-7-8-15(9-14(11)17-2)13-5-3-12(10-16)4-6-13/h3-6,11,14,16H,7-10H2,1-2H3. The molecule has 94 valence electrons. The number of rotatable bonds is 3. The molecule has 1 N–H and O–H groups in total. The van der Waals surface area contributed by atoms with Crippen molar-refractivity contribution in [2.45, 2.75) is 26.1 Å². The average Bonchev–Trinajstić information content (AvgIpc) is 2.39. The highest BCUT2D eigenvalue weighted by molar-refractivity contribution is 5.48. The molecule has 3 nitrogen and oxygen atoms in total. The lowest BCUT2D eigenvalue weighted by atomic mass is 9.95. The molecule has 0 aliphatic carbocycles. The van der Waals surface area contributed by atoms with Gasteiger partial charge in [-0.1, -0.05) is 19.1 Å². The van der Waals surface area contributed by atoms with Crippen molar-refractivity contribution in [2.24, 2.45) is 5.92 Å². The summed E-state index contributed by atoms with van der Waals surface area (Å²) in [5.74, 6) is 0.632. The smallest absolute Gasteiger partial charge is 0.0772 e. The molecule has 1 heterocycles. The zero-order valence-electron chi connectivity index (χ0n) is 10.6. The van der Waals surface area contributed by atoms with Crippen LogP contribution >= 0.6 is 0 Å². The summed E-state index contributed by atoms with van der Waals surface area (Å²) in [7, 11) is 1.79. The molecule has 0 amide bonds. The Hall–Kier alpha value is -1.06. The van der Waals surface area contributed by atoms with Crippen LogP contribution in [0.4, 0.5) is 5.69 Å². The Morgan fingerprint density at radius 1 is 1.35 bits per heavy atom. The van der Waals surface area contributed by atoms with Crippen molar-refractivity contribution in [3.8, 4) is 0 Å². The number of aliphatic hydroxyl groups excluding tert-OH is 1. The minimum atomic E-state index is 0.109. The highest BCUT2D eigenvalue weighted by atomic mass is 16.5. The molecular formula is C14H21NO2. The number of methoxy groups -OCH3 is 1. The van der Waals surface area contributed by atoms with Crippen molar-refractivity contribution in [2.75, 3.05) is 25.1 Å². The Labute approximate surface area is 103 Å². The third kappa shape index (κ3) is 2.79. The molecule has 0 radical (unpaired) electrons. The zero-order chi connectivity index (χ0) is 12.3. The largest absolute Gasteiger partial charge is 0.392 e. The maximum absolute atomic E-state index is 9.02. The number of aliphatic hydroxyl groups is 1. The molecule has 1 aliphatic rings. The second-order valence-electron chi connectivity index (χ2n) is 4.81. The van der Waals surface area contributed by atoms with E-state index >= 15 is 0 Å². The van der Waals surface area contributed by atoms with Gasteiger partial charge in [-0.15, -0.1) is 0 Å². The van der Waals surface area contributed by atoms with E-state index in [0.29, 0.717) is 12.0 Å². The van der Waals surface area contributed by atoms with Gasteiger partial charge in [0.05, 0.1) is 12.7 Å². The van der Waals surface area contributed by atoms with Crippen LogP contribution in [0, 0.1) is 5.92 Å². The van der Waals surface area contributed by atoms with Gasteiger partial charge in [-0.25, -0.2) is 0 Å². The van der Waals surface area contributed by atoms with Gasteiger partial charge in [0.25, 0.3) is 0 Å². The first kappa shape index (κ1) is 12.4. The van der Waals surface area contributed by atoms with Crippen molar-refractivity contribution in [3.05, 3.63) is 29.8 Å². The van der Waals surface area contributed by atoms with E-state index < -0.39 is 0 Å². The molecule has 2 rings (SSSR count).